The van der Waals surface area contributed by atoms with Gasteiger partial charge in [0.1, 0.15) is 17.8 Å². The summed E-state index contributed by atoms with van der Waals surface area (Å²) in [7, 11) is 0. The predicted molar refractivity (Wildman–Crippen MR) is 98.5 cm³/mol. The van der Waals surface area contributed by atoms with Crippen molar-refractivity contribution in [2.45, 2.75) is 29.9 Å². The van der Waals surface area contributed by atoms with Crippen LogP contribution in [0, 0.1) is 0 Å². The second-order valence-electron chi connectivity index (χ2n) is 5.49. The molecule has 1 amide bonds. The van der Waals surface area contributed by atoms with Crippen molar-refractivity contribution in [3.8, 4) is 10.4 Å². The van der Waals surface area contributed by atoms with E-state index in [9.17, 15) is 14.3 Å². The van der Waals surface area contributed by atoms with Crippen LogP contribution in [-0.2, 0) is 4.79 Å². The van der Waals surface area contributed by atoms with Crippen LogP contribution in [0.5, 0.6) is 0 Å². The van der Waals surface area contributed by atoms with Gasteiger partial charge in [-0.25, -0.2) is 9.37 Å². The third-order valence-corrected chi connectivity index (χ3v) is 5.17. The number of aliphatic hydroxyl groups is 1. The Labute approximate surface area is 159 Å². The average Bonchev–Trinajstić information content (AvgIpc) is 3.09. The Morgan fingerprint density at radius 2 is 2.04 bits per heavy atom. The fourth-order valence-corrected chi connectivity index (χ4v) is 3.16. The van der Waals surface area contributed by atoms with Gasteiger partial charge in [-0.2, -0.15) is 0 Å². The van der Waals surface area contributed by atoms with E-state index in [2.05, 4.69) is 10.3 Å². The van der Waals surface area contributed by atoms with Crippen LogP contribution in [0.25, 0.3) is 10.4 Å². The number of amides is 1. The van der Waals surface area contributed by atoms with Crippen molar-refractivity contribution in [2.75, 3.05) is 6.67 Å². The molecule has 0 fully saturated rings. The Morgan fingerprint density at radius 1 is 1.40 bits per heavy atom. The Balaban J connectivity index is 2.13. The SMILES string of the molecule is CC(N)c1ncc(-c2ccc(C(O)C(CF)NC(=O)C(Cl)Cl)cc2)s1. The molecule has 3 unspecified atom stereocenters. The molecule has 0 spiro atoms. The summed E-state index contributed by atoms with van der Waals surface area (Å²) in [6.07, 6.45) is 0.511. The minimum absolute atomic E-state index is 0.138. The van der Waals surface area contributed by atoms with Crippen molar-refractivity contribution in [1.29, 1.82) is 0 Å². The number of halogens is 3. The fourth-order valence-electron chi connectivity index (χ4n) is 2.16. The number of hydrogen-bond acceptors (Lipinski definition) is 5. The minimum atomic E-state index is -1.32. The highest BCUT2D eigenvalue weighted by Gasteiger charge is 2.25. The third kappa shape index (κ3) is 5.12. The Kier molecular flexibility index (Phi) is 7.15. The molecular weight excluding hydrogens is 388 g/mol. The van der Waals surface area contributed by atoms with E-state index in [1.165, 1.54) is 11.3 Å². The summed E-state index contributed by atoms with van der Waals surface area (Å²) < 4.78 is 13.2. The van der Waals surface area contributed by atoms with E-state index in [0.717, 1.165) is 15.4 Å². The number of nitrogens with one attached hydrogen (secondary N) is 1. The van der Waals surface area contributed by atoms with Crippen molar-refractivity contribution < 1.29 is 14.3 Å². The number of thiazole rings is 1. The summed E-state index contributed by atoms with van der Waals surface area (Å²) in [4.78, 5) is 15.4. The van der Waals surface area contributed by atoms with Crippen LogP contribution in [0.1, 0.15) is 29.6 Å². The number of aliphatic hydroxyl groups excluding tert-OH is 1. The number of aromatic nitrogens is 1. The fraction of sp³-hybridized carbons (Fsp3) is 0.375. The molecule has 5 nitrogen and oxygen atoms in total. The van der Waals surface area contributed by atoms with Crippen LogP contribution in [-0.4, -0.2) is 33.6 Å². The topological polar surface area (TPSA) is 88.2 Å². The van der Waals surface area contributed by atoms with Crippen LogP contribution < -0.4 is 11.1 Å². The highest BCUT2D eigenvalue weighted by Crippen LogP contribution is 2.29. The zero-order valence-electron chi connectivity index (χ0n) is 13.3. The Hall–Kier alpha value is -1.25. The molecule has 0 saturated carbocycles. The van der Waals surface area contributed by atoms with Gasteiger partial charge in [-0.15, -0.1) is 11.3 Å². The number of rotatable bonds is 7. The summed E-state index contributed by atoms with van der Waals surface area (Å²) in [5.74, 6) is -0.755. The molecule has 136 valence electrons. The molecule has 2 rings (SSSR count). The van der Waals surface area contributed by atoms with Crippen LogP contribution in [0.4, 0.5) is 4.39 Å². The van der Waals surface area contributed by atoms with Gasteiger partial charge >= 0.3 is 0 Å². The third-order valence-electron chi connectivity index (χ3n) is 3.52. The number of alkyl halides is 3. The van der Waals surface area contributed by atoms with Crippen LogP contribution in [0.15, 0.2) is 30.5 Å². The van der Waals surface area contributed by atoms with Crippen molar-refractivity contribution in [2.24, 2.45) is 5.73 Å². The van der Waals surface area contributed by atoms with Crippen molar-refractivity contribution in [1.82, 2.24) is 10.3 Å². The highest BCUT2D eigenvalue weighted by atomic mass is 35.5. The molecule has 9 heteroatoms. The van der Waals surface area contributed by atoms with E-state index < -0.39 is 29.6 Å². The van der Waals surface area contributed by atoms with Crippen LogP contribution in [0.3, 0.4) is 0 Å². The van der Waals surface area contributed by atoms with Crippen molar-refractivity contribution >= 4 is 40.4 Å². The van der Waals surface area contributed by atoms with Gasteiger partial charge in [0, 0.05) is 6.20 Å². The molecule has 0 aliphatic rings. The monoisotopic (exact) mass is 405 g/mol. The molecule has 2 aromatic rings. The predicted octanol–water partition coefficient (Wildman–Crippen LogP) is 3.12. The first kappa shape index (κ1) is 20.1. The molecule has 1 heterocycles. The highest BCUT2D eigenvalue weighted by molar-refractivity contribution is 7.15. The largest absolute Gasteiger partial charge is 0.386 e. The standard InChI is InChI=1S/C16H18Cl2FN3O2S/c1-8(20)16-21-7-12(25-16)9-2-4-10(5-3-9)13(23)11(6-19)22-15(24)14(17)18/h2-5,7-8,11,13-14,23H,6,20H2,1H3,(H,22,24). The molecule has 0 bridgehead atoms. The van der Waals surface area contributed by atoms with Gasteiger partial charge in [-0.1, -0.05) is 47.5 Å². The normalized spacial score (nSPS) is 15.0. The number of carbonyl (C=O) groups is 1. The lowest BCUT2D eigenvalue weighted by Gasteiger charge is -2.22. The Bertz CT molecular complexity index is 710. The van der Waals surface area contributed by atoms with Gasteiger partial charge in [-0.3, -0.25) is 4.79 Å². The number of hydrogen-bond donors (Lipinski definition) is 3. The molecule has 25 heavy (non-hydrogen) atoms. The van der Waals surface area contributed by atoms with Crippen LogP contribution >= 0.6 is 34.5 Å². The van der Waals surface area contributed by atoms with E-state index in [-0.39, 0.29) is 6.04 Å². The maximum absolute atomic E-state index is 13.2. The van der Waals surface area contributed by atoms with E-state index in [1.54, 1.807) is 30.5 Å². The van der Waals surface area contributed by atoms with Crippen LogP contribution in [0.2, 0.25) is 0 Å². The summed E-state index contributed by atoms with van der Waals surface area (Å²) >= 11 is 12.3. The Morgan fingerprint density at radius 3 is 2.52 bits per heavy atom. The van der Waals surface area contributed by atoms with E-state index in [0.29, 0.717) is 5.56 Å². The lowest BCUT2D eigenvalue weighted by molar-refractivity contribution is -0.121. The van der Waals surface area contributed by atoms with E-state index in [4.69, 9.17) is 28.9 Å². The maximum Gasteiger partial charge on any atom is 0.253 e. The summed E-state index contributed by atoms with van der Waals surface area (Å²) in [5.41, 5.74) is 7.17. The summed E-state index contributed by atoms with van der Waals surface area (Å²) in [5, 5.41) is 13.4. The summed E-state index contributed by atoms with van der Waals surface area (Å²) in [6.45, 7) is 0.904. The molecule has 0 radical (unpaired) electrons. The van der Waals surface area contributed by atoms with E-state index >= 15 is 0 Å². The van der Waals surface area contributed by atoms with Gasteiger partial charge in [-0.05, 0) is 18.1 Å². The molecule has 4 N–H and O–H groups in total. The zero-order valence-corrected chi connectivity index (χ0v) is 15.7. The van der Waals surface area contributed by atoms with Crippen molar-refractivity contribution in [3.63, 3.8) is 0 Å². The molecule has 0 aliphatic carbocycles. The quantitative estimate of drug-likeness (QED) is 0.617. The maximum atomic E-state index is 13.2. The van der Waals surface area contributed by atoms with Crippen molar-refractivity contribution in [3.05, 3.63) is 41.0 Å². The molecule has 3 atom stereocenters. The minimum Gasteiger partial charge on any atom is -0.386 e. The number of benzene rings is 1. The zero-order chi connectivity index (χ0) is 18.6. The van der Waals surface area contributed by atoms with Gasteiger partial charge in [0.25, 0.3) is 5.91 Å². The van der Waals surface area contributed by atoms with Gasteiger partial charge in [0.15, 0.2) is 4.84 Å². The van der Waals surface area contributed by atoms with Gasteiger partial charge in [0.05, 0.1) is 17.0 Å². The summed E-state index contributed by atoms with van der Waals surface area (Å²) in [6, 6.07) is 5.64. The first-order chi connectivity index (χ1) is 11.8. The average molecular weight is 406 g/mol. The molecule has 1 aromatic heterocycles. The van der Waals surface area contributed by atoms with E-state index in [1.807, 2.05) is 6.92 Å². The molecule has 0 aliphatic heterocycles. The number of nitrogens with zero attached hydrogens (tertiary/aromatic N) is 1. The van der Waals surface area contributed by atoms with Gasteiger partial charge in [0.2, 0.25) is 0 Å². The number of nitrogens with two attached hydrogens (primary N) is 1. The smallest absolute Gasteiger partial charge is 0.253 e. The van der Waals surface area contributed by atoms with Gasteiger partial charge < -0.3 is 16.2 Å². The second-order valence-corrected chi connectivity index (χ2v) is 7.65. The second kappa shape index (κ2) is 8.91. The molecule has 1 aromatic carbocycles. The first-order valence-corrected chi connectivity index (χ1v) is 9.16. The molecular formula is C16H18Cl2FN3O2S. The lowest BCUT2D eigenvalue weighted by atomic mass is 10.0. The number of carbonyl (C=O) groups excluding carboxylic acids is 1. The first-order valence-electron chi connectivity index (χ1n) is 7.47. The lowest BCUT2D eigenvalue weighted by Crippen LogP contribution is -2.43. The molecule has 0 saturated heterocycles.